The van der Waals surface area contributed by atoms with Gasteiger partial charge in [0.25, 0.3) is 0 Å². The van der Waals surface area contributed by atoms with E-state index in [0.29, 0.717) is 6.42 Å². The fourth-order valence-corrected chi connectivity index (χ4v) is 4.64. The zero-order valence-corrected chi connectivity index (χ0v) is 23.0. The van der Waals surface area contributed by atoms with Crippen LogP contribution >= 0.6 is 0 Å². The molecule has 0 aromatic carbocycles. The molecule has 0 aliphatic carbocycles. The van der Waals surface area contributed by atoms with E-state index in [1.807, 2.05) is 0 Å². The van der Waals surface area contributed by atoms with E-state index < -0.39 is 0 Å². The number of rotatable bonds is 24. The standard InChI is InChI=1S/C29H60N2O/c1-6-8-9-10-11-12-13-14-15-16-17-18-19-20-21-22-23-24-25-26-27-29(32)30-28(7-2)31(3,4)5/h28H,6-27H2,1-5H3/p+1. The number of carbonyl (C=O) groups excluding carboxylic acids is 1. The molecule has 0 aliphatic heterocycles. The van der Waals surface area contributed by atoms with Gasteiger partial charge in [0, 0.05) is 12.8 Å². The molecule has 0 bridgehead atoms. The Balaban J connectivity index is 3.26. The van der Waals surface area contributed by atoms with Crippen LogP contribution in [0.5, 0.6) is 0 Å². The van der Waals surface area contributed by atoms with E-state index in [2.05, 4.69) is 40.3 Å². The van der Waals surface area contributed by atoms with Gasteiger partial charge in [0.05, 0.1) is 21.1 Å². The summed E-state index contributed by atoms with van der Waals surface area (Å²) in [6.45, 7) is 4.44. The van der Waals surface area contributed by atoms with Crippen molar-refractivity contribution in [2.45, 2.75) is 161 Å². The smallest absolute Gasteiger partial charge is 0.224 e. The molecular formula is C29H61N2O+. The van der Waals surface area contributed by atoms with Crippen molar-refractivity contribution >= 4 is 5.91 Å². The number of unbranched alkanes of at least 4 members (excludes halogenated alkanes) is 19. The van der Waals surface area contributed by atoms with E-state index in [4.69, 9.17) is 0 Å². The van der Waals surface area contributed by atoms with E-state index in [-0.39, 0.29) is 12.1 Å². The molecule has 0 aromatic rings. The number of hydrogen-bond acceptors (Lipinski definition) is 1. The van der Waals surface area contributed by atoms with Crippen LogP contribution in [0, 0.1) is 0 Å². The molecule has 0 aromatic heterocycles. The molecule has 3 heteroatoms. The molecule has 3 nitrogen and oxygen atoms in total. The molecule has 0 saturated heterocycles. The van der Waals surface area contributed by atoms with E-state index in [9.17, 15) is 4.79 Å². The lowest BCUT2D eigenvalue weighted by Gasteiger charge is -2.33. The van der Waals surface area contributed by atoms with Gasteiger partial charge < -0.3 is 9.80 Å². The molecule has 1 unspecified atom stereocenters. The summed E-state index contributed by atoms with van der Waals surface area (Å²) in [6.07, 6.45) is 29.8. The fraction of sp³-hybridized carbons (Fsp3) is 0.966. The molecule has 1 amide bonds. The summed E-state index contributed by atoms with van der Waals surface area (Å²) >= 11 is 0. The minimum Gasteiger partial charge on any atom is -0.311 e. The Bertz CT molecular complexity index is 402. The average Bonchev–Trinajstić information content (AvgIpc) is 2.75. The highest BCUT2D eigenvalue weighted by atomic mass is 16.1. The molecule has 1 N–H and O–H groups in total. The van der Waals surface area contributed by atoms with Crippen molar-refractivity contribution in [3.05, 3.63) is 0 Å². The van der Waals surface area contributed by atoms with Crippen molar-refractivity contribution in [3.63, 3.8) is 0 Å². The predicted molar refractivity (Wildman–Crippen MR) is 143 cm³/mol. The van der Waals surface area contributed by atoms with Crippen molar-refractivity contribution < 1.29 is 9.28 Å². The average molecular weight is 454 g/mol. The molecule has 0 fully saturated rings. The van der Waals surface area contributed by atoms with Crippen molar-refractivity contribution in [2.75, 3.05) is 21.1 Å². The maximum Gasteiger partial charge on any atom is 0.224 e. The third-order valence-corrected chi connectivity index (χ3v) is 6.91. The van der Waals surface area contributed by atoms with E-state index in [1.165, 1.54) is 122 Å². The Labute approximate surface area is 203 Å². The van der Waals surface area contributed by atoms with Crippen molar-refractivity contribution in [2.24, 2.45) is 0 Å². The van der Waals surface area contributed by atoms with Crippen LogP contribution in [0.25, 0.3) is 0 Å². The van der Waals surface area contributed by atoms with Crippen LogP contribution in [-0.2, 0) is 4.79 Å². The molecule has 0 radical (unpaired) electrons. The maximum atomic E-state index is 12.1. The lowest BCUT2D eigenvalue weighted by molar-refractivity contribution is -0.898. The van der Waals surface area contributed by atoms with Crippen molar-refractivity contribution in [1.29, 1.82) is 0 Å². The number of nitrogens with zero attached hydrogens (tertiary/aromatic N) is 1. The summed E-state index contributed by atoms with van der Waals surface area (Å²) in [5, 5.41) is 3.20. The molecule has 0 aliphatic rings. The van der Waals surface area contributed by atoms with Gasteiger partial charge in [-0.05, 0) is 6.42 Å². The van der Waals surface area contributed by atoms with Crippen molar-refractivity contribution in [1.82, 2.24) is 5.32 Å². The first-order valence-corrected chi connectivity index (χ1v) is 14.5. The SMILES string of the molecule is CCCCCCCCCCCCCCCCCCCCCCC(=O)NC(CC)[N+](C)(C)C. The zero-order valence-electron chi connectivity index (χ0n) is 23.0. The minimum absolute atomic E-state index is 0.229. The summed E-state index contributed by atoms with van der Waals surface area (Å²) in [5.41, 5.74) is 0. The first-order chi connectivity index (χ1) is 15.4. The van der Waals surface area contributed by atoms with Gasteiger partial charge in [0.15, 0.2) is 6.17 Å². The minimum atomic E-state index is 0.229. The number of quaternary nitrogens is 1. The van der Waals surface area contributed by atoms with Gasteiger partial charge in [0.1, 0.15) is 0 Å². The van der Waals surface area contributed by atoms with Crippen molar-refractivity contribution in [3.8, 4) is 0 Å². The third-order valence-electron chi connectivity index (χ3n) is 6.91. The third kappa shape index (κ3) is 21.3. The van der Waals surface area contributed by atoms with Crippen LogP contribution in [0.15, 0.2) is 0 Å². The largest absolute Gasteiger partial charge is 0.311 e. The van der Waals surface area contributed by atoms with Gasteiger partial charge in [-0.3, -0.25) is 4.79 Å². The number of carbonyl (C=O) groups is 1. The predicted octanol–water partition coefficient (Wildman–Crippen LogP) is 8.76. The van der Waals surface area contributed by atoms with Gasteiger partial charge >= 0.3 is 0 Å². The highest BCUT2D eigenvalue weighted by molar-refractivity contribution is 5.75. The van der Waals surface area contributed by atoms with Gasteiger partial charge in [-0.25, -0.2) is 0 Å². The Kier molecular flexibility index (Phi) is 21.8. The van der Waals surface area contributed by atoms with Crippen LogP contribution in [0.1, 0.15) is 155 Å². The Hall–Kier alpha value is -0.570. The Morgan fingerprint density at radius 2 is 0.875 bits per heavy atom. The molecule has 0 saturated carbocycles. The molecule has 0 rings (SSSR count). The molecule has 1 atom stereocenters. The lowest BCUT2D eigenvalue weighted by atomic mass is 10.0. The fourth-order valence-electron chi connectivity index (χ4n) is 4.64. The summed E-state index contributed by atoms with van der Waals surface area (Å²) in [4.78, 5) is 12.1. The summed E-state index contributed by atoms with van der Waals surface area (Å²) in [7, 11) is 6.44. The number of amides is 1. The highest BCUT2D eigenvalue weighted by Crippen LogP contribution is 2.15. The zero-order chi connectivity index (χ0) is 23.9. The summed E-state index contributed by atoms with van der Waals surface area (Å²) < 4.78 is 0.793. The van der Waals surface area contributed by atoms with Crippen LogP contribution < -0.4 is 5.32 Å². The molecule has 32 heavy (non-hydrogen) atoms. The first kappa shape index (κ1) is 31.4. The van der Waals surface area contributed by atoms with E-state index in [0.717, 1.165) is 17.3 Å². The van der Waals surface area contributed by atoms with Crippen LogP contribution in [0.3, 0.4) is 0 Å². The van der Waals surface area contributed by atoms with E-state index >= 15 is 0 Å². The maximum absolute atomic E-state index is 12.1. The normalized spacial score (nSPS) is 12.8. The van der Waals surface area contributed by atoms with Crippen LogP contribution in [0.2, 0.25) is 0 Å². The quantitative estimate of drug-likeness (QED) is 0.0883. The molecule has 192 valence electrons. The molecule has 0 heterocycles. The second-order valence-electron chi connectivity index (χ2n) is 11.1. The summed E-state index contributed by atoms with van der Waals surface area (Å²) in [5.74, 6) is 0.229. The number of nitrogens with one attached hydrogen (secondary N) is 1. The van der Waals surface area contributed by atoms with Crippen LogP contribution in [0.4, 0.5) is 0 Å². The Morgan fingerprint density at radius 3 is 1.16 bits per heavy atom. The van der Waals surface area contributed by atoms with Gasteiger partial charge in [0.2, 0.25) is 5.91 Å². The highest BCUT2D eigenvalue weighted by Gasteiger charge is 2.22. The van der Waals surface area contributed by atoms with Crippen LogP contribution in [-0.4, -0.2) is 37.7 Å². The second kappa shape index (κ2) is 22.2. The molecular weight excluding hydrogens is 392 g/mol. The number of hydrogen-bond donors (Lipinski definition) is 1. The van der Waals surface area contributed by atoms with Gasteiger partial charge in [-0.2, -0.15) is 0 Å². The Morgan fingerprint density at radius 1 is 0.562 bits per heavy atom. The monoisotopic (exact) mass is 453 g/mol. The van der Waals surface area contributed by atoms with Gasteiger partial charge in [-0.1, -0.05) is 136 Å². The molecule has 0 spiro atoms. The van der Waals surface area contributed by atoms with E-state index in [1.54, 1.807) is 0 Å². The van der Waals surface area contributed by atoms with Gasteiger partial charge in [-0.15, -0.1) is 0 Å². The lowest BCUT2D eigenvalue weighted by Crippen LogP contribution is -2.54. The summed E-state index contributed by atoms with van der Waals surface area (Å²) in [6, 6.07) is 0. The first-order valence-electron chi connectivity index (χ1n) is 14.5. The topological polar surface area (TPSA) is 29.1 Å². The second-order valence-corrected chi connectivity index (χ2v) is 11.1.